The molecule has 1 saturated heterocycles. The van der Waals surface area contributed by atoms with Crippen LogP contribution in [0.25, 0.3) is 11.4 Å². The lowest BCUT2D eigenvalue weighted by atomic mass is 10.2. The van der Waals surface area contributed by atoms with Crippen LogP contribution in [0.4, 0.5) is 35.2 Å². The Kier molecular flexibility index (Phi) is 8.64. The van der Waals surface area contributed by atoms with Gasteiger partial charge >= 0.3 is 12.2 Å². The number of sulfone groups is 1. The van der Waals surface area contributed by atoms with E-state index in [1.54, 1.807) is 44.2 Å². The molecule has 214 valence electrons. The number of carbonyl (C=O) groups is 1. The Bertz CT molecular complexity index is 1450. The highest BCUT2D eigenvalue weighted by molar-refractivity contribution is 7.91. The molecule has 1 aromatic heterocycles. The van der Waals surface area contributed by atoms with E-state index in [1.165, 1.54) is 12.1 Å². The molecule has 1 aliphatic heterocycles. The Hall–Kier alpha value is -3.71. The third-order valence-corrected chi connectivity index (χ3v) is 8.50. The second kappa shape index (κ2) is 11.8. The van der Waals surface area contributed by atoms with Crippen LogP contribution < -0.4 is 15.5 Å². The number of alkyl halides is 3. The minimum absolute atomic E-state index is 0.0424. The van der Waals surface area contributed by atoms with Gasteiger partial charge in [0.05, 0.1) is 41.5 Å². The molecule has 1 fully saturated rings. The molecular weight excluding hydrogens is 547 g/mol. The number of nitrogens with zero attached hydrogens (tertiary/aromatic N) is 3. The second-order valence-corrected chi connectivity index (χ2v) is 12.3. The zero-order chi connectivity index (χ0) is 29.1. The summed E-state index contributed by atoms with van der Waals surface area (Å²) in [5.41, 5.74) is 0.806. The van der Waals surface area contributed by atoms with Gasteiger partial charge in [0.15, 0.2) is 15.7 Å². The monoisotopic (exact) mass is 577 g/mol. The lowest BCUT2D eigenvalue weighted by molar-refractivity contribution is -0.137. The van der Waals surface area contributed by atoms with Crippen LogP contribution in [0.15, 0.2) is 54.6 Å². The molecule has 0 unspecified atom stereocenters. The molecule has 1 atom stereocenters. The van der Waals surface area contributed by atoms with Crippen molar-refractivity contribution in [2.45, 2.75) is 44.0 Å². The highest BCUT2D eigenvalue weighted by Crippen LogP contribution is 2.30. The number of anilines is 3. The maximum Gasteiger partial charge on any atom is 0.416 e. The van der Waals surface area contributed by atoms with Gasteiger partial charge in [0.2, 0.25) is 0 Å². The predicted octanol–water partition coefficient (Wildman–Crippen LogP) is 5.35. The number of nitrogens with one attached hydrogen (secondary N) is 2. The highest BCUT2D eigenvalue weighted by atomic mass is 32.2. The molecule has 9 nitrogen and oxygen atoms in total. The Morgan fingerprint density at radius 1 is 1.05 bits per heavy atom. The van der Waals surface area contributed by atoms with E-state index in [0.717, 1.165) is 12.1 Å². The van der Waals surface area contributed by atoms with Crippen LogP contribution in [-0.4, -0.2) is 55.5 Å². The number of benzene rings is 2. The minimum Gasteiger partial charge on any atom is -0.377 e. The van der Waals surface area contributed by atoms with Crippen molar-refractivity contribution in [2.75, 3.05) is 35.3 Å². The molecule has 40 heavy (non-hydrogen) atoms. The summed E-state index contributed by atoms with van der Waals surface area (Å²) in [4.78, 5) is 23.7. The van der Waals surface area contributed by atoms with E-state index >= 15 is 0 Å². The second-order valence-electron chi connectivity index (χ2n) is 9.75. The first-order valence-corrected chi connectivity index (χ1v) is 14.3. The summed E-state index contributed by atoms with van der Waals surface area (Å²) in [6.07, 6.45) is -4.46. The number of hydrogen-bond acceptors (Lipinski definition) is 7. The van der Waals surface area contributed by atoms with Crippen molar-refractivity contribution in [3.05, 3.63) is 65.9 Å². The van der Waals surface area contributed by atoms with Crippen molar-refractivity contribution in [2.24, 2.45) is 0 Å². The Labute approximate surface area is 230 Å². The summed E-state index contributed by atoms with van der Waals surface area (Å²) >= 11 is 0. The molecule has 0 spiro atoms. The molecule has 2 amide bonds. The van der Waals surface area contributed by atoms with Crippen LogP contribution in [0, 0.1) is 0 Å². The zero-order valence-corrected chi connectivity index (χ0v) is 23.0. The van der Waals surface area contributed by atoms with E-state index in [1.807, 2.05) is 6.92 Å². The lowest BCUT2D eigenvalue weighted by Crippen LogP contribution is -2.44. The first-order valence-electron chi connectivity index (χ1n) is 12.6. The molecule has 0 bridgehead atoms. The molecule has 2 heterocycles. The van der Waals surface area contributed by atoms with Crippen LogP contribution in [0.3, 0.4) is 0 Å². The maximum atomic E-state index is 12.7. The van der Waals surface area contributed by atoms with E-state index in [0.29, 0.717) is 48.3 Å². The largest absolute Gasteiger partial charge is 0.416 e. The van der Waals surface area contributed by atoms with Crippen LogP contribution in [0.1, 0.15) is 32.0 Å². The quantitative estimate of drug-likeness (QED) is 0.389. The van der Waals surface area contributed by atoms with E-state index < -0.39 is 32.9 Å². The van der Waals surface area contributed by atoms with Gasteiger partial charge in [-0.15, -0.1) is 0 Å². The summed E-state index contributed by atoms with van der Waals surface area (Å²) in [6, 6.07) is 11.9. The molecule has 13 heteroatoms. The van der Waals surface area contributed by atoms with Crippen molar-refractivity contribution in [1.29, 1.82) is 0 Å². The van der Waals surface area contributed by atoms with Crippen LogP contribution in [-0.2, 0) is 26.5 Å². The third-order valence-electron chi connectivity index (χ3n) is 6.37. The van der Waals surface area contributed by atoms with Crippen molar-refractivity contribution in [3.8, 4) is 11.4 Å². The van der Waals surface area contributed by atoms with Gasteiger partial charge in [-0.05, 0) is 69.3 Å². The van der Waals surface area contributed by atoms with Gasteiger partial charge in [0.1, 0.15) is 5.82 Å². The predicted molar refractivity (Wildman–Crippen MR) is 147 cm³/mol. The molecule has 0 aliphatic carbocycles. The van der Waals surface area contributed by atoms with Crippen LogP contribution in [0.5, 0.6) is 0 Å². The van der Waals surface area contributed by atoms with Gasteiger partial charge < -0.3 is 20.3 Å². The first kappa shape index (κ1) is 29.3. The molecule has 2 N–H and O–H groups in total. The fourth-order valence-electron chi connectivity index (χ4n) is 4.01. The van der Waals surface area contributed by atoms with Gasteiger partial charge in [0, 0.05) is 29.5 Å². The molecule has 1 aliphatic rings. The Morgan fingerprint density at radius 2 is 1.65 bits per heavy atom. The van der Waals surface area contributed by atoms with E-state index in [4.69, 9.17) is 9.72 Å². The number of ether oxygens (including phenoxy) is 1. The minimum atomic E-state index is -4.46. The number of rotatable bonds is 7. The van der Waals surface area contributed by atoms with Gasteiger partial charge in [0.25, 0.3) is 0 Å². The normalized spacial score (nSPS) is 16.2. The van der Waals surface area contributed by atoms with E-state index in [2.05, 4.69) is 20.5 Å². The molecule has 4 rings (SSSR count). The van der Waals surface area contributed by atoms with Crippen molar-refractivity contribution in [3.63, 3.8) is 0 Å². The number of amides is 2. The smallest absolute Gasteiger partial charge is 0.377 e. The number of hydrogen-bond donors (Lipinski definition) is 2. The number of morpholine rings is 1. The summed E-state index contributed by atoms with van der Waals surface area (Å²) in [5, 5.41) is 4.55. The van der Waals surface area contributed by atoms with Crippen LogP contribution in [0.2, 0.25) is 0 Å². The van der Waals surface area contributed by atoms with Gasteiger partial charge in [-0.1, -0.05) is 0 Å². The number of carbonyl (C=O) groups excluding carboxylic acids is 1. The van der Waals surface area contributed by atoms with E-state index in [-0.39, 0.29) is 17.5 Å². The van der Waals surface area contributed by atoms with E-state index in [9.17, 15) is 26.4 Å². The summed E-state index contributed by atoms with van der Waals surface area (Å²) in [7, 11) is -3.41. The molecule has 0 radical (unpaired) electrons. The molecule has 2 aromatic carbocycles. The third kappa shape index (κ3) is 7.27. The van der Waals surface area contributed by atoms with Crippen molar-refractivity contribution >= 4 is 33.1 Å². The van der Waals surface area contributed by atoms with Crippen LogP contribution >= 0.6 is 0 Å². The summed E-state index contributed by atoms with van der Waals surface area (Å²) in [5.74, 6) is 0.717. The Balaban J connectivity index is 1.53. The van der Waals surface area contributed by atoms with Gasteiger partial charge in [-0.2, -0.15) is 13.2 Å². The van der Waals surface area contributed by atoms with Gasteiger partial charge in [-0.25, -0.2) is 23.2 Å². The van der Waals surface area contributed by atoms with Gasteiger partial charge in [-0.3, -0.25) is 0 Å². The number of aromatic nitrogens is 2. The van der Waals surface area contributed by atoms with Crippen molar-refractivity contribution < 1.29 is 31.1 Å². The highest BCUT2D eigenvalue weighted by Gasteiger charge is 2.30. The summed E-state index contributed by atoms with van der Waals surface area (Å²) in [6.45, 7) is 6.91. The molecule has 3 aromatic rings. The average Bonchev–Trinajstić information content (AvgIpc) is 2.88. The Morgan fingerprint density at radius 3 is 2.20 bits per heavy atom. The number of halogens is 3. The fraction of sp³-hybridized carbons (Fsp3) is 0.370. The maximum absolute atomic E-state index is 12.7. The average molecular weight is 578 g/mol. The molecular formula is C27H30F3N5O4S. The fourth-order valence-corrected chi connectivity index (χ4v) is 4.91. The standard InChI is InChI=1S/C27H30F3N5O4S/c1-17(2)40(37,38)16-23-14-24(35-12-13-39-15-18(35)3)34-25(31-23)19-4-8-21(9-5-19)32-26(36)33-22-10-6-20(7-11-22)27(28,29)30/h4-11,14,17-18H,12-13,15-16H2,1-3H3,(H2,32,33,36)/t18-/m0/s1. The SMILES string of the molecule is CC(C)S(=O)(=O)Cc1cc(N2CCOC[C@@H]2C)nc(-c2ccc(NC(=O)Nc3ccc(C(F)(F)F)cc3)cc2)n1. The summed E-state index contributed by atoms with van der Waals surface area (Å²) < 4.78 is 69.0. The topological polar surface area (TPSA) is 114 Å². The number of urea groups is 1. The lowest BCUT2D eigenvalue weighted by Gasteiger charge is -2.34. The van der Waals surface area contributed by atoms with Crippen molar-refractivity contribution in [1.82, 2.24) is 9.97 Å². The zero-order valence-electron chi connectivity index (χ0n) is 22.2. The molecule has 0 saturated carbocycles. The first-order chi connectivity index (χ1) is 18.8.